The molecule has 2 aromatic carbocycles. The summed E-state index contributed by atoms with van der Waals surface area (Å²) in [7, 11) is 0. The van der Waals surface area contributed by atoms with Gasteiger partial charge in [0.25, 0.3) is 0 Å². The molecular weight excluding hydrogens is 582 g/mol. The van der Waals surface area contributed by atoms with Crippen LogP contribution in [0.3, 0.4) is 0 Å². The summed E-state index contributed by atoms with van der Waals surface area (Å²) < 4.78 is 82.8. The van der Waals surface area contributed by atoms with Crippen LogP contribution in [0.15, 0.2) is 72.1 Å². The van der Waals surface area contributed by atoms with E-state index in [-0.39, 0.29) is 23.2 Å². The largest absolute Gasteiger partial charge is 0.490 e. The number of imidazole rings is 1. The molecule has 1 atom stereocenters. The Labute approximate surface area is 238 Å². The van der Waals surface area contributed by atoms with E-state index >= 15 is 0 Å². The second-order valence-corrected chi connectivity index (χ2v) is 9.08. The summed E-state index contributed by atoms with van der Waals surface area (Å²) in [4.78, 5) is 28.6. The Hall–Kier alpha value is -5.39. The Kier molecular flexibility index (Phi) is 7.77. The molecule has 9 nitrogen and oxygen atoms in total. The molecule has 2 aromatic heterocycles. The fraction of sp³-hybridized carbons (Fsp3) is 0.179. The minimum atomic E-state index is -5.19. The van der Waals surface area contributed by atoms with Gasteiger partial charge in [0, 0.05) is 35.6 Å². The highest BCUT2D eigenvalue weighted by Gasteiger charge is 2.41. The van der Waals surface area contributed by atoms with Gasteiger partial charge in [-0.15, -0.1) is 0 Å². The zero-order valence-corrected chi connectivity index (χ0v) is 21.6. The zero-order valence-electron chi connectivity index (χ0n) is 21.6. The molecular formula is C28H18F6N6O3. The van der Waals surface area contributed by atoms with E-state index in [1.54, 1.807) is 12.1 Å². The predicted octanol–water partition coefficient (Wildman–Crippen LogP) is 5.72. The molecule has 0 saturated carbocycles. The van der Waals surface area contributed by atoms with Crippen LogP contribution in [0.4, 0.5) is 36.8 Å². The number of carbonyl (C=O) groups is 2. The van der Waals surface area contributed by atoms with Gasteiger partial charge in [0.2, 0.25) is 0 Å². The van der Waals surface area contributed by atoms with Crippen LogP contribution in [-0.4, -0.2) is 44.0 Å². The van der Waals surface area contributed by atoms with E-state index in [0.29, 0.717) is 16.9 Å². The molecule has 0 radical (unpaired) electrons. The Morgan fingerprint density at radius 1 is 1.02 bits per heavy atom. The lowest BCUT2D eigenvalue weighted by molar-refractivity contribution is -0.201. The molecule has 15 heteroatoms. The van der Waals surface area contributed by atoms with Crippen molar-refractivity contribution in [1.82, 2.24) is 19.6 Å². The van der Waals surface area contributed by atoms with Crippen molar-refractivity contribution in [2.24, 2.45) is 5.10 Å². The molecule has 1 aliphatic rings. The molecule has 1 unspecified atom stereocenters. The normalized spacial score (nSPS) is 14.8. The average molecular weight is 600 g/mol. The quantitative estimate of drug-likeness (QED) is 0.184. The van der Waals surface area contributed by atoms with Gasteiger partial charge in [0.05, 0.1) is 17.8 Å². The van der Waals surface area contributed by atoms with Gasteiger partial charge in [-0.25, -0.2) is 24.1 Å². The van der Waals surface area contributed by atoms with E-state index in [0.717, 1.165) is 17.1 Å². The average Bonchev–Trinajstić information content (AvgIpc) is 3.62. The number of urea groups is 1. The van der Waals surface area contributed by atoms with E-state index in [4.69, 9.17) is 0 Å². The highest BCUT2D eigenvalue weighted by molar-refractivity contribution is 5.91. The number of esters is 1. The first kappa shape index (κ1) is 29.1. The lowest BCUT2D eigenvalue weighted by Crippen LogP contribution is -2.31. The van der Waals surface area contributed by atoms with Crippen LogP contribution < -0.4 is 5.32 Å². The Morgan fingerprint density at radius 3 is 2.51 bits per heavy atom. The van der Waals surface area contributed by atoms with Crippen LogP contribution in [0.1, 0.15) is 40.4 Å². The van der Waals surface area contributed by atoms with Gasteiger partial charge >= 0.3 is 24.4 Å². The van der Waals surface area contributed by atoms with Crippen LogP contribution in [0.2, 0.25) is 0 Å². The number of hydrazone groups is 1. The molecule has 0 bridgehead atoms. The van der Waals surface area contributed by atoms with Crippen LogP contribution in [0.25, 0.3) is 5.65 Å². The minimum Gasteiger partial charge on any atom is -0.454 e. The molecule has 0 fully saturated rings. The molecule has 0 aliphatic carbocycles. The molecule has 220 valence electrons. The molecule has 5 rings (SSSR count). The van der Waals surface area contributed by atoms with Gasteiger partial charge in [-0.2, -0.15) is 36.5 Å². The van der Waals surface area contributed by atoms with Crippen molar-refractivity contribution in [1.29, 1.82) is 0 Å². The van der Waals surface area contributed by atoms with Crippen molar-refractivity contribution in [3.63, 3.8) is 0 Å². The van der Waals surface area contributed by atoms with Crippen molar-refractivity contribution in [2.45, 2.75) is 31.4 Å². The van der Waals surface area contributed by atoms with Crippen molar-refractivity contribution >= 4 is 29.5 Å². The summed E-state index contributed by atoms with van der Waals surface area (Å²) in [6.07, 6.45) is -5.05. The first-order chi connectivity index (χ1) is 20.4. The highest BCUT2D eigenvalue weighted by atomic mass is 19.4. The van der Waals surface area contributed by atoms with Gasteiger partial charge in [-0.05, 0) is 47.9 Å². The predicted molar refractivity (Wildman–Crippen MR) is 139 cm³/mol. The van der Waals surface area contributed by atoms with Crippen molar-refractivity contribution in [3.8, 4) is 11.8 Å². The summed E-state index contributed by atoms with van der Waals surface area (Å²) in [5.74, 6) is 3.24. The van der Waals surface area contributed by atoms with Gasteiger partial charge in [-0.3, -0.25) is 0 Å². The first-order valence-electron chi connectivity index (χ1n) is 12.4. The number of fused-ring (bicyclic) bond motifs is 1. The molecule has 43 heavy (non-hydrogen) atoms. The second kappa shape index (κ2) is 11.5. The first-order valence-corrected chi connectivity index (χ1v) is 12.4. The van der Waals surface area contributed by atoms with E-state index in [9.17, 15) is 35.9 Å². The third-order valence-electron chi connectivity index (χ3n) is 6.22. The highest BCUT2D eigenvalue weighted by Crippen LogP contribution is 2.33. The SMILES string of the molecule is O=C(Nc1ccc(COC(=O)C(F)(F)F)c(C#Cc2cnc3cccnn23)c1)N1N=CCC1c1ccc(C(F)(F)F)cc1. The van der Waals surface area contributed by atoms with Gasteiger partial charge in [0.15, 0.2) is 5.65 Å². The summed E-state index contributed by atoms with van der Waals surface area (Å²) >= 11 is 0. The molecule has 3 heterocycles. The molecule has 0 saturated heterocycles. The third-order valence-corrected chi connectivity index (χ3v) is 6.22. The smallest absolute Gasteiger partial charge is 0.454 e. The molecule has 1 N–H and O–H groups in total. The van der Waals surface area contributed by atoms with E-state index in [2.05, 4.69) is 37.1 Å². The van der Waals surface area contributed by atoms with Gasteiger partial charge < -0.3 is 10.1 Å². The van der Waals surface area contributed by atoms with Crippen LogP contribution >= 0.6 is 0 Å². The number of anilines is 1. The van der Waals surface area contributed by atoms with Gasteiger partial charge in [-0.1, -0.05) is 24.1 Å². The number of aromatic nitrogens is 3. The van der Waals surface area contributed by atoms with Gasteiger partial charge in [0.1, 0.15) is 12.3 Å². The van der Waals surface area contributed by atoms with Crippen LogP contribution in [-0.2, 0) is 22.3 Å². The van der Waals surface area contributed by atoms with Crippen molar-refractivity contribution < 1.29 is 40.7 Å². The number of halogens is 6. The second-order valence-electron chi connectivity index (χ2n) is 9.08. The maximum Gasteiger partial charge on any atom is 0.490 e. The van der Waals surface area contributed by atoms with E-state index in [1.807, 2.05) is 0 Å². The lowest BCUT2D eigenvalue weighted by atomic mass is 10.0. The van der Waals surface area contributed by atoms with Crippen LogP contribution in [0.5, 0.6) is 0 Å². The fourth-order valence-corrected chi connectivity index (χ4v) is 4.13. The number of amides is 2. The summed E-state index contributed by atoms with van der Waals surface area (Å²) in [6.45, 7) is -0.756. The standard InChI is InChI=1S/C28H18F6N6O3/c29-27(30,31)20-7-3-17(4-8-20)23-11-13-37-40(23)26(42)38-21-9-5-19(16-43-25(41)28(32,33)34)18(14-21)6-10-22-15-35-24-2-1-12-36-39(22)24/h1-5,7-9,12-15,23H,11,16H2,(H,38,42). The lowest BCUT2D eigenvalue weighted by Gasteiger charge is -2.23. The van der Waals surface area contributed by atoms with E-state index in [1.165, 1.54) is 53.5 Å². The van der Waals surface area contributed by atoms with Crippen LogP contribution in [0, 0.1) is 11.8 Å². The Morgan fingerprint density at radius 2 is 1.79 bits per heavy atom. The Bertz CT molecular complexity index is 1770. The van der Waals surface area contributed by atoms with E-state index < -0.39 is 42.6 Å². The zero-order chi connectivity index (χ0) is 30.8. The summed E-state index contributed by atoms with van der Waals surface area (Å²) in [5.41, 5.74) is 0.866. The number of carbonyl (C=O) groups excluding carboxylic acids is 2. The number of alkyl halides is 6. The Balaban J connectivity index is 1.39. The minimum absolute atomic E-state index is 0.117. The number of hydrogen-bond acceptors (Lipinski definition) is 6. The maximum absolute atomic E-state index is 13.1. The molecule has 1 aliphatic heterocycles. The van der Waals surface area contributed by atoms with Crippen molar-refractivity contribution in [3.05, 3.63) is 94.9 Å². The molecule has 4 aromatic rings. The number of nitrogens with zero attached hydrogens (tertiary/aromatic N) is 5. The molecule has 0 spiro atoms. The maximum atomic E-state index is 13.1. The number of hydrogen-bond donors (Lipinski definition) is 1. The third kappa shape index (κ3) is 6.58. The van der Waals surface area contributed by atoms with Crippen molar-refractivity contribution in [2.75, 3.05) is 5.32 Å². The number of nitrogens with one attached hydrogen (secondary N) is 1. The monoisotopic (exact) mass is 600 g/mol. The summed E-state index contributed by atoms with van der Waals surface area (Å²) in [6, 6.07) is 10.4. The number of benzene rings is 2. The number of rotatable bonds is 4. The number of ether oxygens (including phenoxy) is 1. The topological polar surface area (TPSA) is 101 Å². The molecule has 2 amide bonds. The summed E-state index contributed by atoms with van der Waals surface area (Å²) in [5, 5.41) is 11.8. The fourth-order valence-electron chi connectivity index (χ4n) is 4.13.